The van der Waals surface area contributed by atoms with Crippen LogP contribution in [0.15, 0.2) is 4.99 Å². The van der Waals surface area contributed by atoms with E-state index in [0.29, 0.717) is 0 Å². The summed E-state index contributed by atoms with van der Waals surface area (Å²) in [5, 5.41) is -1.37. The van der Waals surface area contributed by atoms with Crippen LogP contribution in [0.2, 0.25) is 0 Å². The van der Waals surface area contributed by atoms with E-state index in [-0.39, 0.29) is 19.0 Å². The van der Waals surface area contributed by atoms with Gasteiger partial charge in [-0.3, -0.25) is 14.5 Å². The minimum atomic E-state index is -4.75. The number of halogens is 1. The highest BCUT2D eigenvalue weighted by Gasteiger charge is 2.42. The Labute approximate surface area is 97.1 Å². The predicted molar refractivity (Wildman–Crippen MR) is 55.2 cm³/mol. The lowest BCUT2D eigenvalue weighted by Crippen LogP contribution is -2.41. The van der Waals surface area contributed by atoms with Gasteiger partial charge in [0.25, 0.3) is 5.91 Å². The molecule has 0 bridgehead atoms. The molecular formula is C8H10FN3O4S. The number of aliphatic imine (C=N–C) groups is 1. The third-order valence-electron chi connectivity index (χ3n) is 2.67. The van der Waals surface area contributed by atoms with Gasteiger partial charge in [0.2, 0.25) is 11.9 Å². The second-order valence-corrected chi connectivity index (χ2v) is 5.59. The number of nitrogens with zero attached hydrogens (tertiary/aromatic N) is 3. The van der Waals surface area contributed by atoms with Gasteiger partial charge < -0.3 is 4.90 Å². The van der Waals surface area contributed by atoms with Crippen LogP contribution in [0.5, 0.6) is 0 Å². The van der Waals surface area contributed by atoms with Crippen molar-refractivity contribution in [3.63, 3.8) is 0 Å². The summed E-state index contributed by atoms with van der Waals surface area (Å²) in [5.74, 6) is -0.871. The molecule has 2 amide bonds. The molecule has 1 unspecified atom stereocenters. The first-order chi connectivity index (χ1) is 7.79. The molecule has 0 aromatic carbocycles. The Hall–Kier alpha value is -1.51. The minimum absolute atomic E-state index is 0.0339. The van der Waals surface area contributed by atoms with Gasteiger partial charge in [0.1, 0.15) is 11.8 Å². The fourth-order valence-electron chi connectivity index (χ4n) is 1.83. The molecule has 0 aliphatic carbocycles. The van der Waals surface area contributed by atoms with Crippen molar-refractivity contribution < 1.29 is 21.9 Å². The molecule has 1 fully saturated rings. The summed E-state index contributed by atoms with van der Waals surface area (Å²) in [7, 11) is -3.20. The number of amides is 2. The lowest BCUT2D eigenvalue weighted by molar-refractivity contribution is -0.124. The maximum atomic E-state index is 12.8. The summed E-state index contributed by atoms with van der Waals surface area (Å²) in [6.07, 6.45) is -0.417. The predicted octanol–water partition coefficient (Wildman–Crippen LogP) is -1.29. The maximum absolute atomic E-state index is 12.8. The number of likely N-dealkylation sites (tertiary alicyclic amines) is 1. The zero-order valence-electron chi connectivity index (χ0n) is 8.96. The molecular weight excluding hydrogens is 253 g/mol. The number of rotatable bonds is 1. The Bertz CT molecular complexity index is 515. The van der Waals surface area contributed by atoms with Crippen LogP contribution < -0.4 is 0 Å². The van der Waals surface area contributed by atoms with Crippen molar-refractivity contribution in [2.75, 3.05) is 20.1 Å². The maximum Gasteiger partial charge on any atom is 0.307 e. The van der Waals surface area contributed by atoms with Crippen molar-refractivity contribution in [3.8, 4) is 0 Å². The Balaban J connectivity index is 2.23. The van der Waals surface area contributed by atoms with Crippen LogP contribution >= 0.6 is 0 Å². The Morgan fingerprint density at radius 3 is 2.47 bits per heavy atom. The summed E-state index contributed by atoms with van der Waals surface area (Å²) in [6, 6.07) is 0. The molecule has 0 spiro atoms. The van der Waals surface area contributed by atoms with Crippen LogP contribution in [0.3, 0.4) is 0 Å². The number of likely N-dealkylation sites (N-methyl/N-ethyl adjacent to an activating group) is 1. The highest BCUT2D eigenvalue weighted by atomic mass is 32.3. The Morgan fingerprint density at radius 2 is 2.06 bits per heavy atom. The second-order valence-electron chi connectivity index (χ2n) is 3.97. The summed E-state index contributed by atoms with van der Waals surface area (Å²) >= 11 is 0. The molecule has 2 heterocycles. The average molecular weight is 263 g/mol. The SMILES string of the molecule is CN1CC(=O)N=C1N1CC(S(=O)(=O)F)CC1=O. The van der Waals surface area contributed by atoms with Crippen molar-refractivity contribution >= 4 is 28.0 Å². The largest absolute Gasteiger partial charge is 0.336 e. The quantitative estimate of drug-likeness (QED) is 0.550. The van der Waals surface area contributed by atoms with Crippen LogP contribution in [0.25, 0.3) is 0 Å². The van der Waals surface area contributed by atoms with E-state index in [1.165, 1.54) is 4.90 Å². The molecule has 2 aliphatic heterocycles. The monoisotopic (exact) mass is 263 g/mol. The molecule has 2 aliphatic rings. The molecule has 0 N–H and O–H groups in total. The van der Waals surface area contributed by atoms with Gasteiger partial charge in [0.05, 0.1) is 0 Å². The first-order valence-corrected chi connectivity index (χ1v) is 6.30. The summed E-state index contributed by atoms with van der Waals surface area (Å²) in [4.78, 5) is 28.7. The van der Waals surface area contributed by atoms with Crippen LogP contribution in [-0.4, -0.2) is 61.4 Å². The van der Waals surface area contributed by atoms with Crippen LogP contribution in [0.4, 0.5) is 3.89 Å². The van der Waals surface area contributed by atoms with Crippen LogP contribution in [0.1, 0.15) is 6.42 Å². The molecule has 0 saturated carbocycles. The van der Waals surface area contributed by atoms with E-state index in [9.17, 15) is 21.9 Å². The summed E-state index contributed by atoms with van der Waals surface area (Å²) in [5.41, 5.74) is 0. The van der Waals surface area contributed by atoms with Gasteiger partial charge in [-0.15, -0.1) is 3.89 Å². The Morgan fingerprint density at radius 1 is 1.41 bits per heavy atom. The van der Waals surface area contributed by atoms with Crippen molar-refractivity contribution in [3.05, 3.63) is 0 Å². The number of hydrogen-bond donors (Lipinski definition) is 0. The molecule has 9 heteroatoms. The van der Waals surface area contributed by atoms with Gasteiger partial charge in [-0.1, -0.05) is 0 Å². The van der Waals surface area contributed by atoms with Crippen molar-refractivity contribution in [1.29, 1.82) is 0 Å². The average Bonchev–Trinajstić information content (AvgIpc) is 2.68. The van der Waals surface area contributed by atoms with Gasteiger partial charge in [0, 0.05) is 20.0 Å². The third-order valence-corrected chi connectivity index (χ3v) is 3.78. The second kappa shape index (κ2) is 3.76. The fourth-order valence-corrected chi connectivity index (χ4v) is 2.50. The van der Waals surface area contributed by atoms with E-state index in [4.69, 9.17) is 0 Å². The fraction of sp³-hybridized carbons (Fsp3) is 0.625. The summed E-state index contributed by atoms with van der Waals surface area (Å²) in [6.45, 7) is -0.264. The Kier molecular flexibility index (Phi) is 2.64. The molecule has 0 radical (unpaired) electrons. The van der Waals surface area contributed by atoms with Gasteiger partial charge in [0.15, 0.2) is 0 Å². The van der Waals surface area contributed by atoms with Gasteiger partial charge in [-0.2, -0.15) is 13.4 Å². The number of guanidine groups is 1. The number of carbonyl (C=O) groups excluding carboxylic acids is 2. The molecule has 0 aromatic rings. The van der Waals surface area contributed by atoms with E-state index in [2.05, 4.69) is 4.99 Å². The molecule has 94 valence electrons. The first kappa shape index (κ1) is 12.0. The standard InChI is InChI=1S/C8H10FN3O4S/c1-11-4-6(13)10-8(11)12-3-5(2-7(12)14)17(9,15)16/h5H,2-4H2,1H3. The van der Waals surface area contributed by atoms with Crippen molar-refractivity contribution in [2.24, 2.45) is 4.99 Å². The van der Waals surface area contributed by atoms with Crippen LogP contribution in [0, 0.1) is 0 Å². The molecule has 1 saturated heterocycles. The minimum Gasteiger partial charge on any atom is -0.336 e. The molecule has 1 atom stereocenters. The van der Waals surface area contributed by atoms with Gasteiger partial charge in [-0.05, 0) is 0 Å². The number of carbonyl (C=O) groups is 2. The molecule has 0 aromatic heterocycles. The molecule has 2 rings (SSSR count). The molecule has 7 nitrogen and oxygen atoms in total. The highest BCUT2D eigenvalue weighted by molar-refractivity contribution is 7.87. The molecule has 17 heavy (non-hydrogen) atoms. The zero-order valence-corrected chi connectivity index (χ0v) is 9.78. The van der Waals surface area contributed by atoms with E-state index >= 15 is 0 Å². The smallest absolute Gasteiger partial charge is 0.307 e. The van der Waals surface area contributed by atoms with E-state index in [0.717, 1.165) is 4.90 Å². The highest BCUT2D eigenvalue weighted by Crippen LogP contribution is 2.21. The normalized spacial score (nSPS) is 25.8. The van der Waals surface area contributed by atoms with Gasteiger partial charge in [-0.25, -0.2) is 0 Å². The lowest BCUT2D eigenvalue weighted by atomic mass is 10.4. The van der Waals surface area contributed by atoms with Crippen molar-refractivity contribution in [1.82, 2.24) is 9.80 Å². The first-order valence-electron chi connectivity index (χ1n) is 4.85. The van der Waals surface area contributed by atoms with E-state index in [1.54, 1.807) is 7.05 Å². The van der Waals surface area contributed by atoms with Crippen LogP contribution in [-0.2, 0) is 19.8 Å². The zero-order chi connectivity index (χ0) is 12.8. The number of hydrogen-bond acceptors (Lipinski definition) is 5. The topological polar surface area (TPSA) is 87.1 Å². The van der Waals surface area contributed by atoms with E-state index < -0.39 is 33.7 Å². The van der Waals surface area contributed by atoms with Gasteiger partial charge >= 0.3 is 10.2 Å². The van der Waals surface area contributed by atoms with Crippen molar-refractivity contribution in [2.45, 2.75) is 11.7 Å². The lowest BCUT2D eigenvalue weighted by Gasteiger charge is -2.21. The third kappa shape index (κ3) is 2.14. The van der Waals surface area contributed by atoms with E-state index in [1.807, 2.05) is 0 Å². The summed E-state index contributed by atoms with van der Waals surface area (Å²) < 4.78 is 34.2.